The summed E-state index contributed by atoms with van der Waals surface area (Å²) in [6.07, 6.45) is 1.68. The van der Waals surface area contributed by atoms with Gasteiger partial charge in [0, 0.05) is 11.8 Å². The molecule has 0 aliphatic heterocycles. The molecule has 0 N–H and O–H groups in total. The van der Waals surface area contributed by atoms with Crippen molar-refractivity contribution in [2.24, 2.45) is 17.8 Å². The van der Waals surface area contributed by atoms with Crippen LogP contribution in [0.4, 0.5) is 0 Å². The first-order valence-corrected chi connectivity index (χ1v) is 5.53. The molecule has 2 nitrogen and oxygen atoms in total. The van der Waals surface area contributed by atoms with E-state index in [0.29, 0.717) is 0 Å². The molecule has 0 aromatic heterocycles. The van der Waals surface area contributed by atoms with Crippen LogP contribution in [0.1, 0.15) is 47.5 Å². The van der Waals surface area contributed by atoms with E-state index in [2.05, 4.69) is 0 Å². The Labute approximate surface area is 87.1 Å². The minimum absolute atomic E-state index is 0.0386. The Morgan fingerprint density at radius 1 is 0.929 bits per heavy atom. The molecule has 0 heterocycles. The zero-order valence-corrected chi connectivity index (χ0v) is 9.96. The number of carbonyl (C=O) groups is 2. The molecule has 0 saturated heterocycles. The minimum Gasteiger partial charge on any atom is -0.299 e. The molecule has 0 radical (unpaired) electrons. The second kappa shape index (κ2) is 5.94. The largest absolute Gasteiger partial charge is 0.299 e. The van der Waals surface area contributed by atoms with Gasteiger partial charge in [0.2, 0.25) is 0 Å². The smallest absolute Gasteiger partial charge is 0.146 e. The SMILES string of the molecule is CCC(CC)C(=O)C(C)C(=O)C(C)C. The van der Waals surface area contributed by atoms with Crippen molar-refractivity contribution in [3.8, 4) is 0 Å². The molecule has 0 fully saturated rings. The molecular weight excluding hydrogens is 176 g/mol. The Morgan fingerprint density at radius 2 is 1.36 bits per heavy atom. The molecule has 0 aliphatic rings. The average molecular weight is 198 g/mol. The van der Waals surface area contributed by atoms with Crippen molar-refractivity contribution >= 4 is 11.6 Å². The molecule has 2 heteroatoms. The summed E-state index contributed by atoms with van der Waals surface area (Å²) < 4.78 is 0. The van der Waals surface area contributed by atoms with Crippen molar-refractivity contribution in [3.05, 3.63) is 0 Å². The first kappa shape index (κ1) is 13.3. The fraction of sp³-hybridized carbons (Fsp3) is 0.833. The van der Waals surface area contributed by atoms with Gasteiger partial charge in [-0.3, -0.25) is 9.59 Å². The summed E-state index contributed by atoms with van der Waals surface area (Å²) in [6, 6.07) is 0. The van der Waals surface area contributed by atoms with Crippen LogP contribution >= 0.6 is 0 Å². The maximum Gasteiger partial charge on any atom is 0.146 e. The summed E-state index contributed by atoms with van der Waals surface area (Å²) >= 11 is 0. The molecule has 1 unspecified atom stereocenters. The quantitative estimate of drug-likeness (QED) is 0.615. The third-order valence-electron chi connectivity index (χ3n) is 2.81. The van der Waals surface area contributed by atoms with Crippen LogP contribution in [-0.2, 0) is 9.59 Å². The predicted molar refractivity (Wildman–Crippen MR) is 58.1 cm³/mol. The maximum atomic E-state index is 11.8. The van der Waals surface area contributed by atoms with Crippen LogP contribution in [0.25, 0.3) is 0 Å². The number of hydrogen-bond donors (Lipinski definition) is 0. The van der Waals surface area contributed by atoms with E-state index in [-0.39, 0.29) is 23.4 Å². The monoisotopic (exact) mass is 198 g/mol. The van der Waals surface area contributed by atoms with Crippen molar-refractivity contribution in [2.45, 2.75) is 47.5 Å². The number of hydrogen-bond acceptors (Lipinski definition) is 2. The number of carbonyl (C=O) groups excluding carboxylic acids is 2. The van der Waals surface area contributed by atoms with Gasteiger partial charge in [0.05, 0.1) is 5.92 Å². The van der Waals surface area contributed by atoms with Gasteiger partial charge in [-0.2, -0.15) is 0 Å². The van der Waals surface area contributed by atoms with Crippen LogP contribution < -0.4 is 0 Å². The minimum atomic E-state index is -0.417. The van der Waals surface area contributed by atoms with Gasteiger partial charge in [0.15, 0.2) is 0 Å². The maximum absolute atomic E-state index is 11.8. The average Bonchev–Trinajstić information content (AvgIpc) is 2.17. The summed E-state index contributed by atoms with van der Waals surface area (Å²) in [6.45, 7) is 9.43. The molecule has 0 bridgehead atoms. The number of ketones is 2. The van der Waals surface area contributed by atoms with Crippen LogP contribution in [0.2, 0.25) is 0 Å². The van der Waals surface area contributed by atoms with E-state index in [9.17, 15) is 9.59 Å². The van der Waals surface area contributed by atoms with Crippen LogP contribution in [0.15, 0.2) is 0 Å². The first-order valence-electron chi connectivity index (χ1n) is 5.53. The van der Waals surface area contributed by atoms with E-state index in [4.69, 9.17) is 0 Å². The molecule has 0 aliphatic carbocycles. The lowest BCUT2D eigenvalue weighted by Gasteiger charge is -2.17. The summed E-state index contributed by atoms with van der Waals surface area (Å²) in [5.74, 6) is -0.202. The topological polar surface area (TPSA) is 34.1 Å². The molecule has 0 aromatic carbocycles. The molecule has 0 spiro atoms. The van der Waals surface area contributed by atoms with Gasteiger partial charge in [-0.1, -0.05) is 27.7 Å². The second-order valence-electron chi connectivity index (χ2n) is 4.19. The van der Waals surface area contributed by atoms with Gasteiger partial charge in [0.1, 0.15) is 11.6 Å². The zero-order chi connectivity index (χ0) is 11.3. The zero-order valence-electron chi connectivity index (χ0n) is 9.96. The van der Waals surface area contributed by atoms with Gasteiger partial charge < -0.3 is 0 Å². The fourth-order valence-electron chi connectivity index (χ4n) is 1.68. The van der Waals surface area contributed by atoms with Gasteiger partial charge >= 0.3 is 0 Å². The first-order chi connectivity index (χ1) is 6.45. The molecule has 0 saturated carbocycles. The number of Topliss-reactive ketones (excluding diaryl/α,β-unsaturated/α-hetero) is 2. The Balaban J connectivity index is 4.45. The summed E-state index contributed by atoms with van der Waals surface area (Å²) in [7, 11) is 0. The third-order valence-corrected chi connectivity index (χ3v) is 2.81. The summed E-state index contributed by atoms with van der Waals surface area (Å²) in [5.41, 5.74) is 0. The van der Waals surface area contributed by atoms with E-state index in [1.54, 1.807) is 6.92 Å². The Hall–Kier alpha value is -0.660. The van der Waals surface area contributed by atoms with E-state index < -0.39 is 5.92 Å². The van der Waals surface area contributed by atoms with E-state index in [0.717, 1.165) is 12.8 Å². The van der Waals surface area contributed by atoms with Gasteiger partial charge in [-0.05, 0) is 19.8 Å². The van der Waals surface area contributed by atoms with Crippen molar-refractivity contribution in [1.29, 1.82) is 0 Å². The molecule has 14 heavy (non-hydrogen) atoms. The van der Waals surface area contributed by atoms with Crippen molar-refractivity contribution < 1.29 is 9.59 Å². The van der Waals surface area contributed by atoms with Crippen LogP contribution in [-0.4, -0.2) is 11.6 Å². The van der Waals surface area contributed by atoms with Gasteiger partial charge in [0.25, 0.3) is 0 Å². The molecule has 0 rings (SSSR count). The number of rotatable bonds is 6. The third kappa shape index (κ3) is 3.24. The van der Waals surface area contributed by atoms with Crippen LogP contribution in [0.3, 0.4) is 0 Å². The Morgan fingerprint density at radius 3 is 1.64 bits per heavy atom. The molecule has 0 aromatic rings. The highest BCUT2D eigenvalue weighted by Crippen LogP contribution is 2.17. The van der Waals surface area contributed by atoms with E-state index in [1.165, 1.54) is 0 Å². The van der Waals surface area contributed by atoms with E-state index in [1.807, 2.05) is 27.7 Å². The lowest BCUT2D eigenvalue weighted by Crippen LogP contribution is -2.29. The van der Waals surface area contributed by atoms with Crippen molar-refractivity contribution in [2.75, 3.05) is 0 Å². The molecule has 82 valence electrons. The van der Waals surface area contributed by atoms with Crippen molar-refractivity contribution in [3.63, 3.8) is 0 Å². The van der Waals surface area contributed by atoms with Crippen molar-refractivity contribution in [1.82, 2.24) is 0 Å². The highest BCUT2D eigenvalue weighted by molar-refractivity contribution is 6.03. The molecule has 0 amide bonds. The summed E-state index contributed by atoms with van der Waals surface area (Å²) in [5, 5.41) is 0. The highest BCUT2D eigenvalue weighted by atomic mass is 16.2. The van der Waals surface area contributed by atoms with E-state index >= 15 is 0 Å². The highest BCUT2D eigenvalue weighted by Gasteiger charge is 2.27. The van der Waals surface area contributed by atoms with Gasteiger partial charge in [-0.25, -0.2) is 0 Å². The Bertz CT molecular complexity index is 202. The molecule has 1 atom stereocenters. The predicted octanol–water partition coefficient (Wildman–Crippen LogP) is 2.85. The lowest BCUT2D eigenvalue weighted by molar-refractivity contribution is -0.136. The summed E-state index contributed by atoms with van der Waals surface area (Å²) in [4.78, 5) is 23.4. The van der Waals surface area contributed by atoms with Gasteiger partial charge in [-0.15, -0.1) is 0 Å². The standard InChI is InChI=1S/C12H22O2/c1-6-10(7-2)12(14)9(5)11(13)8(3)4/h8-10H,6-7H2,1-5H3. The van der Waals surface area contributed by atoms with Crippen LogP contribution in [0.5, 0.6) is 0 Å². The molecular formula is C12H22O2. The lowest BCUT2D eigenvalue weighted by atomic mass is 9.85. The van der Waals surface area contributed by atoms with Crippen LogP contribution in [0, 0.1) is 17.8 Å². The Kier molecular flexibility index (Phi) is 5.66. The fourth-order valence-corrected chi connectivity index (χ4v) is 1.68. The normalized spacial score (nSPS) is 13.4. The second-order valence-corrected chi connectivity index (χ2v) is 4.19.